The quantitative estimate of drug-likeness (QED) is 0.611. The summed E-state index contributed by atoms with van der Waals surface area (Å²) in [5, 5.41) is 0. The van der Waals surface area contributed by atoms with Gasteiger partial charge in [-0.3, -0.25) is 9.89 Å². The Kier molecular flexibility index (Phi) is 8.17. The van der Waals surface area contributed by atoms with Gasteiger partial charge in [-0.05, 0) is 57.5 Å². The fourth-order valence-electron chi connectivity index (χ4n) is 3.42. The molecule has 1 aliphatic heterocycles. The van der Waals surface area contributed by atoms with Crippen molar-refractivity contribution in [3.63, 3.8) is 0 Å². The number of aliphatic imine (C=N–C) groups is 1. The van der Waals surface area contributed by atoms with Crippen LogP contribution in [-0.4, -0.2) is 51.0 Å². The Morgan fingerprint density at radius 1 is 1.04 bits per heavy atom. The van der Waals surface area contributed by atoms with Crippen LogP contribution in [0.25, 0.3) is 0 Å². The highest BCUT2D eigenvalue weighted by Crippen LogP contribution is 2.30. The van der Waals surface area contributed by atoms with Crippen LogP contribution in [0.1, 0.15) is 50.7 Å². The average Bonchev–Trinajstić information content (AvgIpc) is 2.66. The van der Waals surface area contributed by atoms with Crippen LogP contribution in [0.3, 0.4) is 0 Å². The van der Waals surface area contributed by atoms with Crippen molar-refractivity contribution in [2.24, 2.45) is 4.99 Å². The van der Waals surface area contributed by atoms with Gasteiger partial charge in [0.05, 0.1) is 19.9 Å². The SMILES string of the molecule is CCCCN(CCC)CC1=CC(c2cc(OC)c(C)c(OC)c2)=NCC1. The molecule has 0 atom stereocenters. The number of allylic oxidation sites excluding steroid dienone is 1. The Morgan fingerprint density at radius 2 is 1.73 bits per heavy atom. The molecule has 0 fully saturated rings. The molecule has 0 spiro atoms. The molecule has 0 aromatic heterocycles. The molecule has 0 saturated carbocycles. The van der Waals surface area contributed by atoms with E-state index in [-0.39, 0.29) is 0 Å². The number of hydrogen-bond donors (Lipinski definition) is 0. The molecule has 2 rings (SSSR count). The number of hydrogen-bond acceptors (Lipinski definition) is 4. The van der Waals surface area contributed by atoms with E-state index in [0.29, 0.717) is 0 Å². The molecule has 0 bridgehead atoms. The molecule has 1 aliphatic rings. The first kappa shape index (κ1) is 20.5. The molecule has 26 heavy (non-hydrogen) atoms. The summed E-state index contributed by atoms with van der Waals surface area (Å²) in [6, 6.07) is 4.13. The van der Waals surface area contributed by atoms with E-state index >= 15 is 0 Å². The molecule has 0 radical (unpaired) electrons. The fourth-order valence-corrected chi connectivity index (χ4v) is 3.42. The maximum absolute atomic E-state index is 5.52. The predicted octanol–water partition coefficient (Wildman–Crippen LogP) is 4.64. The molecule has 0 saturated heterocycles. The molecule has 144 valence electrons. The number of unbranched alkanes of at least 4 members (excludes halogenated alkanes) is 1. The molecule has 1 aromatic carbocycles. The van der Waals surface area contributed by atoms with Gasteiger partial charge in [-0.2, -0.15) is 0 Å². The maximum atomic E-state index is 5.52. The van der Waals surface area contributed by atoms with E-state index in [4.69, 9.17) is 14.5 Å². The lowest BCUT2D eigenvalue weighted by Crippen LogP contribution is -2.29. The maximum Gasteiger partial charge on any atom is 0.126 e. The summed E-state index contributed by atoms with van der Waals surface area (Å²) in [6.07, 6.45) is 7.03. The van der Waals surface area contributed by atoms with Gasteiger partial charge in [0, 0.05) is 24.2 Å². The third kappa shape index (κ3) is 5.34. The van der Waals surface area contributed by atoms with Crippen LogP contribution in [0.15, 0.2) is 28.8 Å². The molecular weight excluding hydrogens is 324 g/mol. The zero-order chi connectivity index (χ0) is 18.9. The first-order valence-electron chi connectivity index (χ1n) is 9.82. The minimum absolute atomic E-state index is 0.845. The number of dihydropyridines is 1. The zero-order valence-electron chi connectivity index (χ0n) is 17.1. The van der Waals surface area contributed by atoms with Gasteiger partial charge >= 0.3 is 0 Å². The molecule has 0 unspecified atom stereocenters. The summed E-state index contributed by atoms with van der Waals surface area (Å²) in [4.78, 5) is 7.33. The van der Waals surface area contributed by atoms with Gasteiger partial charge in [-0.15, -0.1) is 0 Å². The van der Waals surface area contributed by atoms with Crippen LogP contribution in [0.2, 0.25) is 0 Å². The second kappa shape index (κ2) is 10.4. The lowest BCUT2D eigenvalue weighted by molar-refractivity contribution is 0.289. The van der Waals surface area contributed by atoms with E-state index in [1.165, 1.54) is 31.4 Å². The minimum atomic E-state index is 0.845. The van der Waals surface area contributed by atoms with E-state index < -0.39 is 0 Å². The summed E-state index contributed by atoms with van der Waals surface area (Å²) in [6.45, 7) is 10.8. The van der Waals surface area contributed by atoms with E-state index in [2.05, 4.69) is 37.0 Å². The van der Waals surface area contributed by atoms with Crippen LogP contribution in [0.5, 0.6) is 11.5 Å². The summed E-state index contributed by atoms with van der Waals surface area (Å²) < 4.78 is 11.0. The predicted molar refractivity (Wildman–Crippen MR) is 110 cm³/mol. The van der Waals surface area contributed by atoms with Crippen LogP contribution < -0.4 is 9.47 Å². The molecule has 0 amide bonds. The van der Waals surface area contributed by atoms with Crippen LogP contribution in [-0.2, 0) is 0 Å². The van der Waals surface area contributed by atoms with E-state index in [9.17, 15) is 0 Å². The Bertz CT molecular complexity index is 625. The van der Waals surface area contributed by atoms with Crippen molar-refractivity contribution in [3.05, 3.63) is 34.9 Å². The third-order valence-electron chi connectivity index (χ3n) is 4.90. The van der Waals surface area contributed by atoms with Gasteiger partial charge in [0.15, 0.2) is 0 Å². The Labute approximate surface area is 158 Å². The fraction of sp³-hybridized carbons (Fsp3) is 0.591. The molecule has 0 N–H and O–H groups in total. The van der Waals surface area contributed by atoms with Crippen LogP contribution in [0.4, 0.5) is 0 Å². The monoisotopic (exact) mass is 358 g/mol. The number of nitrogens with zero attached hydrogens (tertiary/aromatic N) is 2. The number of benzene rings is 1. The van der Waals surface area contributed by atoms with Crippen molar-refractivity contribution in [3.8, 4) is 11.5 Å². The Balaban J connectivity index is 2.21. The highest BCUT2D eigenvalue weighted by Gasteiger charge is 2.15. The second-order valence-corrected chi connectivity index (χ2v) is 6.96. The first-order valence-corrected chi connectivity index (χ1v) is 9.82. The third-order valence-corrected chi connectivity index (χ3v) is 4.90. The van der Waals surface area contributed by atoms with Crippen molar-refractivity contribution in [1.29, 1.82) is 0 Å². The molecule has 1 aromatic rings. The number of rotatable bonds is 10. The highest BCUT2D eigenvalue weighted by molar-refractivity contribution is 6.10. The molecule has 4 nitrogen and oxygen atoms in total. The van der Waals surface area contributed by atoms with Crippen molar-refractivity contribution < 1.29 is 9.47 Å². The van der Waals surface area contributed by atoms with Gasteiger partial charge in [-0.25, -0.2) is 0 Å². The lowest BCUT2D eigenvalue weighted by atomic mass is 10.00. The Hall–Kier alpha value is -1.81. The van der Waals surface area contributed by atoms with Gasteiger partial charge < -0.3 is 9.47 Å². The standard InChI is InChI=1S/C22H34N2O2/c1-6-8-12-24(11-7-2)16-18-9-10-23-20(13-18)19-14-21(25-4)17(3)22(15-19)26-5/h13-15H,6-12,16H2,1-5H3. The van der Waals surface area contributed by atoms with Crippen LogP contribution in [0, 0.1) is 6.92 Å². The Morgan fingerprint density at radius 3 is 2.31 bits per heavy atom. The molecule has 0 aliphatic carbocycles. The average molecular weight is 359 g/mol. The van der Waals surface area contributed by atoms with Crippen molar-refractivity contribution >= 4 is 5.71 Å². The van der Waals surface area contributed by atoms with Crippen LogP contribution >= 0.6 is 0 Å². The molecular formula is C22H34N2O2. The zero-order valence-corrected chi connectivity index (χ0v) is 17.1. The summed E-state index contributed by atoms with van der Waals surface area (Å²) in [5.41, 5.74) is 4.60. The summed E-state index contributed by atoms with van der Waals surface area (Å²) >= 11 is 0. The van der Waals surface area contributed by atoms with E-state index in [1.54, 1.807) is 14.2 Å². The molecule has 1 heterocycles. The van der Waals surface area contributed by atoms with Gasteiger partial charge in [0.2, 0.25) is 0 Å². The molecule has 4 heteroatoms. The second-order valence-electron chi connectivity index (χ2n) is 6.96. The summed E-state index contributed by atoms with van der Waals surface area (Å²) in [5.74, 6) is 1.69. The largest absolute Gasteiger partial charge is 0.496 e. The first-order chi connectivity index (χ1) is 12.6. The van der Waals surface area contributed by atoms with Gasteiger partial charge in [0.1, 0.15) is 11.5 Å². The van der Waals surface area contributed by atoms with Crippen molar-refractivity contribution in [2.45, 2.75) is 46.5 Å². The normalized spacial score (nSPS) is 14.2. The highest BCUT2D eigenvalue weighted by atomic mass is 16.5. The van der Waals surface area contributed by atoms with E-state index in [0.717, 1.165) is 54.4 Å². The summed E-state index contributed by atoms with van der Waals surface area (Å²) in [7, 11) is 3.40. The van der Waals surface area contributed by atoms with Gasteiger partial charge in [-0.1, -0.05) is 25.8 Å². The smallest absolute Gasteiger partial charge is 0.126 e. The number of ether oxygens (including phenoxy) is 2. The van der Waals surface area contributed by atoms with Gasteiger partial charge in [0.25, 0.3) is 0 Å². The minimum Gasteiger partial charge on any atom is -0.496 e. The topological polar surface area (TPSA) is 34.1 Å². The van der Waals surface area contributed by atoms with Crippen molar-refractivity contribution in [1.82, 2.24) is 4.90 Å². The lowest BCUT2D eigenvalue weighted by Gasteiger charge is -2.24. The van der Waals surface area contributed by atoms with E-state index in [1.807, 2.05) is 6.92 Å². The van der Waals surface area contributed by atoms with Crippen molar-refractivity contribution in [2.75, 3.05) is 40.4 Å². The number of methoxy groups -OCH3 is 2.